The molecule has 0 radical (unpaired) electrons. The van der Waals surface area contributed by atoms with Crippen molar-refractivity contribution in [3.63, 3.8) is 0 Å². The zero-order valence-corrected chi connectivity index (χ0v) is 11.9. The van der Waals surface area contributed by atoms with E-state index in [0.717, 1.165) is 11.3 Å². The molecule has 2 fully saturated rings. The summed E-state index contributed by atoms with van der Waals surface area (Å²) in [6.45, 7) is 4.02. The van der Waals surface area contributed by atoms with Gasteiger partial charge in [-0.15, -0.1) is 0 Å². The minimum atomic E-state index is -2.98. The maximum atomic E-state index is 12.1. The molecule has 102 valence electrons. The number of fused-ring (bicyclic) bond motifs is 1. The third-order valence-electron chi connectivity index (χ3n) is 4.24. The standard InChI is InChI=1S/C14H17NO3S/c1-9-3-4-12(5-10(9)2)15-13-8-19(17,18)7-11(13)6-14(15)16/h3-5,11,13H,6-8H2,1-2H3/t11-,13+/m0/s1. The molecule has 2 atom stereocenters. The predicted octanol–water partition coefficient (Wildman–Crippen LogP) is 1.45. The van der Waals surface area contributed by atoms with E-state index in [1.54, 1.807) is 4.90 Å². The Bertz CT molecular complexity index is 651. The highest BCUT2D eigenvalue weighted by atomic mass is 32.2. The van der Waals surface area contributed by atoms with Gasteiger partial charge in [-0.05, 0) is 37.1 Å². The van der Waals surface area contributed by atoms with Crippen LogP contribution in [-0.2, 0) is 14.6 Å². The van der Waals surface area contributed by atoms with Gasteiger partial charge in [0.25, 0.3) is 0 Å². The van der Waals surface area contributed by atoms with Crippen LogP contribution in [0.25, 0.3) is 0 Å². The maximum absolute atomic E-state index is 12.1. The summed E-state index contributed by atoms with van der Waals surface area (Å²) in [6, 6.07) is 5.70. The Balaban J connectivity index is 1.99. The molecule has 4 nitrogen and oxygen atoms in total. The Morgan fingerprint density at radius 2 is 1.89 bits per heavy atom. The first-order valence-corrected chi connectivity index (χ1v) is 8.29. The maximum Gasteiger partial charge on any atom is 0.227 e. The highest BCUT2D eigenvalue weighted by Crippen LogP contribution is 2.37. The molecule has 1 aromatic rings. The summed E-state index contributed by atoms with van der Waals surface area (Å²) >= 11 is 0. The molecular formula is C14H17NO3S. The van der Waals surface area contributed by atoms with Crippen LogP contribution in [0.5, 0.6) is 0 Å². The van der Waals surface area contributed by atoms with E-state index in [-0.39, 0.29) is 29.4 Å². The van der Waals surface area contributed by atoms with Gasteiger partial charge in [-0.1, -0.05) is 6.07 Å². The van der Waals surface area contributed by atoms with E-state index in [4.69, 9.17) is 0 Å². The first-order valence-electron chi connectivity index (χ1n) is 6.47. The van der Waals surface area contributed by atoms with Crippen LogP contribution in [0.3, 0.4) is 0 Å². The van der Waals surface area contributed by atoms with Crippen molar-refractivity contribution in [2.75, 3.05) is 16.4 Å². The summed E-state index contributed by atoms with van der Waals surface area (Å²) in [5, 5.41) is 0. The van der Waals surface area contributed by atoms with Crippen LogP contribution in [0.2, 0.25) is 0 Å². The Kier molecular flexibility index (Phi) is 2.71. The van der Waals surface area contributed by atoms with E-state index in [0.29, 0.717) is 6.42 Å². The molecule has 0 bridgehead atoms. The molecule has 0 aromatic heterocycles. The number of aryl methyl sites for hydroxylation is 2. The van der Waals surface area contributed by atoms with E-state index in [1.165, 1.54) is 5.56 Å². The van der Waals surface area contributed by atoms with E-state index in [1.807, 2.05) is 32.0 Å². The Morgan fingerprint density at radius 3 is 2.58 bits per heavy atom. The van der Waals surface area contributed by atoms with Crippen molar-refractivity contribution < 1.29 is 13.2 Å². The lowest BCUT2D eigenvalue weighted by molar-refractivity contribution is -0.117. The van der Waals surface area contributed by atoms with Crippen LogP contribution in [0.15, 0.2) is 18.2 Å². The van der Waals surface area contributed by atoms with Gasteiger partial charge in [0.05, 0.1) is 17.5 Å². The second-order valence-electron chi connectivity index (χ2n) is 5.64. The van der Waals surface area contributed by atoms with Crippen LogP contribution in [0, 0.1) is 19.8 Å². The van der Waals surface area contributed by atoms with Crippen molar-refractivity contribution in [1.82, 2.24) is 0 Å². The van der Waals surface area contributed by atoms with Crippen LogP contribution in [0.1, 0.15) is 17.5 Å². The zero-order chi connectivity index (χ0) is 13.8. The summed E-state index contributed by atoms with van der Waals surface area (Å²) in [6.07, 6.45) is 0.358. The fourth-order valence-corrected chi connectivity index (χ4v) is 5.17. The molecule has 2 aliphatic heterocycles. The smallest absolute Gasteiger partial charge is 0.227 e. The number of carbonyl (C=O) groups excluding carboxylic acids is 1. The van der Waals surface area contributed by atoms with E-state index in [2.05, 4.69) is 0 Å². The average Bonchev–Trinajstić information content (AvgIpc) is 2.73. The molecule has 0 spiro atoms. The predicted molar refractivity (Wildman–Crippen MR) is 74.0 cm³/mol. The SMILES string of the molecule is Cc1ccc(N2C(=O)C[C@H]3CS(=O)(=O)C[C@H]32)cc1C. The van der Waals surface area contributed by atoms with Crippen molar-refractivity contribution in [1.29, 1.82) is 0 Å². The highest BCUT2D eigenvalue weighted by molar-refractivity contribution is 7.91. The molecule has 1 amide bonds. The zero-order valence-electron chi connectivity index (χ0n) is 11.1. The summed E-state index contributed by atoms with van der Waals surface area (Å²) in [5.74, 6) is 0.286. The molecule has 1 aromatic carbocycles. The molecule has 5 heteroatoms. The molecule has 2 saturated heterocycles. The molecule has 19 heavy (non-hydrogen) atoms. The largest absolute Gasteiger partial charge is 0.308 e. The van der Waals surface area contributed by atoms with Crippen LogP contribution in [0.4, 0.5) is 5.69 Å². The van der Waals surface area contributed by atoms with Gasteiger partial charge < -0.3 is 4.90 Å². The lowest BCUT2D eigenvalue weighted by atomic mass is 10.0. The summed E-state index contributed by atoms with van der Waals surface area (Å²) < 4.78 is 23.4. The summed E-state index contributed by atoms with van der Waals surface area (Å²) in [5.41, 5.74) is 3.12. The van der Waals surface area contributed by atoms with Crippen molar-refractivity contribution in [3.8, 4) is 0 Å². The van der Waals surface area contributed by atoms with Gasteiger partial charge in [0, 0.05) is 18.0 Å². The fraction of sp³-hybridized carbons (Fsp3) is 0.500. The number of hydrogen-bond acceptors (Lipinski definition) is 3. The number of amides is 1. The molecule has 0 aliphatic carbocycles. The van der Waals surface area contributed by atoms with Crippen molar-refractivity contribution >= 4 is 21.4 Å². The number of carbonyl (C=O) groups is 1. The molecule has 0 unspecified atom stereocenters. The van der Waals surface area contributed by atoms with E-state index >= 15 is 0 Å². The van der Waals surface area contributed by atoms with Crippen LogP contribution >= 0.6 is 0 Å². The van der Waals surface area contributed by atoms with Gasteiger partial charge in [0.1, 0.15) is 0 Å². The third-order valence-corrected chi connectivity index (χ3v) is 6.03. The number of rotatable bonds is 1. The number of hydrogen-bond donors (Lipinski definition) is 0. The lowest BCUT2D eigenvalue weighted by Crippen LogP contribution is -2.36. The van der Waals surface area contributed by atoms with Gasteiger partial charge in [0.15, 0.2) is 9.84 Å². The number of sulfone groups is 1. The number of nitrogens with zero attached hydrogens (tertiary/aromatic N) is 1. The van der Waals surface area contributed by atoms with E-state index in [9.17, 15) is 13.2 Å². The summed E-state index contributed by atoms with van der Waals surface area (Å²) in [7, 11) is -2.98. The number of anilines is 1. The molecule has 0 N–H and O–H groups in total. The fourth-order valence-electron chi connectivity index (χ4n) is 3.10. The third kappa shape index (κ3) is 2.06. The van der Waals surface area contributed by atoms with Gasteiger partial charge in [-0.2, -0.15) is 0 Å². The minimum absolute atomic E-state index is 0.0286. The van der Waals surface area contributed by atoms with Crippen molar-refractivity contribution in [2.24, 2.45) is 5.92 Å². The minimum Gasteiger partial charge on any atom is -0.308 e. The van der Waals surface area contributed by atoms with Crippen LogP contribution in [-0.4, -0.2) is 31.9 Å². The van der Waals surface area contributed by atoms with Gasteiger partial charge in [-0.3, -0.25) is 4.79 Å². The number of benzene rings is 1. The first kappa shape index (κ1) is 12.7. The summed E-state index contributed by atoms with van der Waals surface area (Å²) in [4.78, 5) is 13.8. The topological polar surface area (TPSA) is 54.5 Å². The van der Waals surface area contributed by atoms with Gasteiger partial charge >= 0.3 is 0 Å². The Labute approximate surface area is 113 Å². The molecule has 0 saturated carbocycles. The van der Waals surface area contributed by atoms with Gasteiger partial charge in [0.2, 0.25) is 5.91 Å². The molecule has 2 aliphatic rings. The average molecular weight is 279 g/mol. The molecule has 3 rings (SSSR count). The second-order valence-corrected chi connectivity index (χ2v) is 7.79. The second kappa shape index (κ2) is 4.07. The molecule has 2 heterocycles. The van der Waals surface area contributed by atoms with Gasteiger partial charge in [-0.25, -0.2) is 8.42 Å². The van der Waals surface area contributed by atoms with Crippen LogP contribution < -0.4 is 4.90 Å². The normalized spacial score (nSPS) is 28.7. The Hall–Kier alpha value is -1.36. The Morgan fingerprint density at radius 1 is 1.16 bits per heavy atom. The highest BCUT2D eigenvalue weighted by Gasteiger charge is 2.49. The molecular weight excluding hydrogens is 262 g/mol. The lowest BCUT2D eigenvalue weighted by Gasteiger charge is -2.24. The monoisotopic (exact) mass is 279 g/mol. The van der Waals surface area contributed by atoms with Crippen molar-refractivity contribution in [3.05, 3.63) is 29.3 Å². The van der Waals surface area contributed by atoms with E-state index < -0.39 is 9.84 Å². The first-order chi connectivity index (χ1) is 8.87. The van der Waals surface area contributed by atoms with Crippen molar-refractivity contribution in [2.45, 2.75) is 26.3 Å². The quantitative estimate of drug-likeness (QED) is 0.782.